The van der Waals surface area contributed by atoms with E-state index in [1.807, 2.05) is 97.9 Å². The van der Waals surface area contributed by atoms with Crippen molar-refractivity contribution >= 4 is 34.9 Å². The summed E-state index contributed by atoms with van der Waals surface area (Å²) in [5.74, 6) is 0.118. The van der Waals surface area contributed by atoms with Crippen LogP contribution in [0.2, 0.25) is 0 Å². The van der Waals surface area contributed by atoms with Gasteiger partial charge in [-0.1, -0.05) is 54.6 Å². The first-order chi connectivity index (χ1) is 16.6. The molecule has 0 aliphatic carbocycles. The fourth-order valence-corrected chi connectivity index (χ4v) is 3.43. The van der Waals surface area contributed by atoms with Crippen LogP contribution in [0.1, 0.15) is 18.9 Å². The number of nitrogens with zero attached hydrogens (tertiary/aromatic N) is 2. The summed E-state index contributed by atoms with van der Waals surface area (Å²) in [6, 6.07) is 32.3. The van der Waals surface area contributed by atoms with Crippen LogP contribution in [0.3, 0.4) is 0 Å². The average molecular weight is 448 g/mol. The summed E-state index contributed by atoms with van der Waals surface area (Å²) in [7, 11) is 0. The molecule has 5 heteroatoms. The monoisotopic (exact) mass is 447 g/mol. The van der Waals surface area contributed by atoms with Crippen molar-refractivity contribution < 1.29 is 9.90 Å². The van der Waals surface area contributed by atoms with Crippen molar-refractivity contribution in [3.63, 3.8) is 0 Å². The molecule has 0 aliphatic rings. The summed E-state index contributed by atoms with van der Waals surface area (Å²) in [4.78, 5) is 21.2. The quantitative estimate of drug-likeness (QED) is 0.301. The summed E-state index contributed by atoms with van der Waals surface area (Å²) in [6.07, 6.45) is 1.89. The molecule has 0 radical (unpaired) electrons. The molecule has 0 atom stereocenters. The number of para-hydroxylation sites is 2. The lowest BCUT2D eigenvalue weighted by molar-refractivity contribution is -0.115. The number of hydrogen-bond donors (Lipinski definition) is 2. The molecule has 4 aromatic rings. The van der Waals surface area contributed by atoms with Crippen LogP contribution >= 0.6 is 0 Å². The SMILES string of the molecule is CC(CC(=O)Nc1ccccc1)=Nc1ccc(-c2ccc(N=Cc3ccccc3O)cc2)cc1. The van der Waals surface area contributed by atoms with Crippen LogP contribution in [-0.4, -0.2) is 22.9 Å². The number of nitrogens with one attached hydrogen (secondary N) is 1. The van der Waals surface area contributed by atoms with E-state index in [1.165, 1.54) is 0 Å². The van der Waals surface area contributed by atoms with Crippen LogP contribution in [-0.2, 0) is 4.79 Å². The van der Waals surface area contributed by atoms with Gasteiger partial charge in [-0.2, -0.15) is 0 Å². The van der Waals surface area contributed by atoms with Gasteiger partial charge in [0.05, 0.1) is 17.8 Å². The molecule has 0 saturated heterocycles. The van der Waals surface area contributed by atoms with Crippen LogP contribution in [0.15, 0.2) is 113 Å². The Morgan fingerprint density at radius 1 is 0.794 bits per heavy atom. The highest BCUT2D eigenvalue weighted by atomic mass is 16.3. The van der Waals surface area contributed by atoms with E-state index in [0.717, 1.165) is 33.9 Å². The summed E-state index contributed by atoms with van der Waals surface area (Å²) in [5, 5.41) is 12.7. The maximum Gasteiger partial charge on any atom is 0.230 e. The fraction of sp³-hybridized carbons (Fsp3) is 0.0690. The number of aromatic hydroxyl groups is 1. The Hall–Kier alpha value is -4.51. The Balaban J connectivity index is 1.37. The van der Waals surface area contributed by atoms with Crippen LogP contribution in [0.4, 0.5) is 17.1 Å². The zero-order chi connectivity index (χ0) is 23.8. The van der Waals surface area contributed by atoms with E-state index in [0.29, 0.717) is 5.56 Å². The summed E-state index contributed by atoms with van der Waals surface area (Å²) >= 11 is 0. The molecule has 168 valence electrons. The van der Waals surface area contributed by atoms with E-state index in [4.69, 9.17) is 0 Å². The van der Waals surface area contributed by atoms with Gasteiger partial charge in [-0.15, -0.1) is 0 Å². The predicted molar refractivity (Wildman–Crippen MR) is 140 cm³/mol. The Morgan fingerprint density at radius 3 is 2.03 bits per heavy atom. The number of carbonyl (C=O) groups is 1. The van der Waals surface area contributed by atoms with E-state index in [1.54, 1.807) is 18.3 Å². The molecule has 0 aromatic heterocycles. The van der Waals surface area contributed by atoms with Gasteiger partial charge in [-0.05, 0) is 66.6 Å². The van der Waals surface area contributed by atoms with Crippen molar-refractivity contribution in [3.05, 3.63) is 109 Å². The summed E-state index contributed by atoms with van der Waals surface area (Å²) < 4.78 is 0. The third-order valence-corrected chi connectivity index (χ3v) is 5.15. The number of carbonyl (C=O) groups excluding carboxylic acids is 1. The highest BCUT2D eigenvalue weighted by Crippen LogP contribution is 2.25. The van der Waals surface area contributed by atoms with Crippen molar-refractivity contribution in [1.82, 2.24) is 0 Å². The van der Waals surface area contributed by atoms with Gasteiger partial charge >= 0.3 is 0 Å². The van der Waals surface area contributed by atoms with Gasteiger partial charge in [0.2, 0.25) is 5.91 Å². The predicted octanol–water partition coefficient (Wildman–Crippen LogP) is 6.93. The Kier molecular flexibility index (Phi) is 7.25. The number of benzene rings is 4. The topological polar surface area (TPSA) is 74.0 Å². The molecular formula is C29H25N3O2. The van der Waals surface area contributed by atoms with Crippen molar-refractivity contribution in [2.24, 2.45) is 9.98 Å². The Bertz CT molecular complexity index is 1310. The number of phenols is 1. The average Bonchev–Trinajstić information content (AvgIpc) is 2.85. The Morgan fingerprint density at radius 2 is 1.38 bits per heavy atom. The molecular weight excluding hydrogens is 422 g/mol. The molecule has 0 fully saturated rings. The first-order valence-corrected chi connectivity index (χ1v) is 11.0. The van der Waals surface area contributed by atoms with Gasteiger partial charge < -0.3 is 10.4 Å². The van der Waals surface area contributed by atoms with Gasteiger partial charge in [0, 0.05) is 23.2 Å². The van der Waals surface area contributed by atoms with Crippen LogP contribution in [0, 0.1) is 0 Å². The minimum absolute atomic E-state index is 0.0886. The van der Waals surface area contributed by atoms with E-state index in [9.17, 15) is 9.90 Å². The molecule has 34 heavy (non-hydrogen) atoms. The lowest BCUT2D eigenvalue weighted by Gasteiger charge is -2.06. The van der Waals surface area contributed by atoms with E-state index >= 15 is 0 Å². The standard InChI is InChI=1S/C29H25N3O2/c1-21(19-29(34)32-26-8-3-2-4-9-26)31-27-17-13-23(14-18-27)22-11-15-25(16-12-22)30-20-24-7-5-6-10-28(24)33/h2-18,20,33H,19H2,1H3,(H,32,34). The lowest BCUT2D eigenvalue weighted by atomic mass is 10.1. The smallest absolute Gasteiger partial charge is 0.230 e. The van der Waals surface area contributed by atoms with Crippen LogP contribution in [0.25, 0.3) is 11.1 Å². The molecule has 0 saturated carbocycles. The number of rotatable bonds is 7. The maximum absolute atomic E-state index is 12.2. The third kappa shape index (κ3) is 6.26. The van der Waals surface area contributed by atoms with Gasteiger partial charge in [0.15, 0.2) is 0 Å². The highest BCUT2D eigenvalue weighted by molar-refractivity contribution is 6.06. The van der Waals surface area contributed by atoms with Gasteiger partial charge in [0.1, 0.15) is 5.75 Å². The minimum Gasteiger partial charge on any atom is -0.507 e. The molecule has 0 bridgehead atoms. The van der Waals surface area contributed by atoms with Crippen molar-refractivity contribution in [3.8, 4) is 16.9 Å². The zero-order valence-electron chi connectivity index (χ0n) is 18.8. The second-order valence-corrected chi connectivity index (χ2v) is 7.85. The first kappa shape index (κ1) is 22.7. The number of hydrogen-bond acceptors (Lipinski definition) is 4. The third-order valence-electron chi connectivity index (χ3n) is 5.15. The van der Waals surface area contributed by atoms with Crippen molar-refractivity contribution in [1.29, 1.82) is 0 Å². The number of amides is 1. The molecule has 2 N–H and O–H groups in total. The number of aliphatic imine (C=N–C) groups is 2. The highest BCUT2D eigenvalue weighted by Gasteiger charge is 2.05. The summed E-state index contributed by atoms with van der Waals surface area (Å²) in [5.41, 5.74) is 5.93. The van der Waals surface area contributed by atoms with Crippen molar-refractivity contribution in [2.45, 2.75) is 13.3 Å². The van der Waals surface area contributed by atoms with Crippen molar-refractivity contribution in [2.75, 3.05) is 5.32 Å². The molecule has 4 aromatic carbocycles. The lowest BCUT2D eigenvalue weighted by Crippen LogP contribution is -2.14. The molecule has 0 aliphatic heterocycles. The maximum atomic E-state index is 12.2. The van der Waals surface area contributed by atoms with Gasteiger partial charge in [0.25, 0.3) is 0 Å². The molecule has 5 nitrogen and oxygen atoms in total. The van der Waals surface area contributed by atoms with Crippen LogP contribution < -0.4 is 5.32 Å². The summed E-state index contributed by atoms with van der Waals surface area (Å²) in [6.45, 7) is 1.85. The first-order valence-electron chi connectivity index (χ1n) is 11.0. The van der Waals surface area contributed by atoms with E-state index in [-0.39, 0.29) is 18.1 Å². The Labute approximate surface area is 199 Å². The number of phenolic OH excluding ortho intramolecular Hbond substituents is 1. The minimum atomic E-state index is -0.0886. The van der Waals surface area contributed by atoms with Gasteiger partial charge in [-0.25, -0.2) is 0 Å². The second kappa shape index (κ2) is 10.9. The largest absolute Gasteiger partial charge is 0.507 e. The number of anilines is 1. The molecule has 1 amide bonds. The van der Waals surface area contributed by atoms with Gasteiger partial charge in [-0.3, -0.25) is 14.8 Å². The van der Waals surface area contributed by atoms with E-state index in [2.05, 4.69) is 15.3 Å². The fourth-order valence-electron chi connectivity index (χ4n) is 3.43. The molecule has 4 rings (SSSR count). The molecule has 0 heterocycles. The zero-order valence-corrected chi connectivity index (χ0v) is 18.8. The van der Waals surface area contributed by atoms with Crippen LogP contribution in [0.5, 0.6) is 5.75 Å². The normalized spacial score (nSPS) is 11.5. The second-order valence-electron chi connectivity index (χ2n) is 7.85. The molecule has 0 unspecified atom stereocenters. The van der Waals surface area contributed by atoms with E-state index < -0.39 is 0 Å². The molecule has 0 spiro atoms.